The van der Waals surface area contributed by atoms with Gasteiger partial charge in [0.2, 0.25) is 0 Å². The topological polar surface area (TPSA) is 9.23 Å². The van der Waals surface area contributed by atoms with Gasteiger partial charge in [0.25, 0.3) is 0 Å². The summed E-state index contributed by atoms with van der Waals surface area (Å²) in [7, 11) is 6.53. The molecule has 0 bridgehead atoms. The molecule has 0 saturated carbocycles. The average molecular weight is 458 g/mol. The summed E-state index contributed by atoms with van der Waals surface area (Å²) >= 11 is 0. The van der Waals surface area contributed by atoms with Crippen LogP contribution in [0.3, 0.4) is 0 Å². The van der Waals surface area contributed by atoms with Crippen LogP contribution in [0.15, 0.2) is 103 Å². The lowest BCUT2D eigenvalue weighted by atomic mass is 9.60. The van der Waals surface area contributed by atoms with E-state index in [4.69, 9.17) is 12.6 Å². The summed E-state index contributed by atoms with van der Waals surface area (Å²) in [4.78, 5) is 0. The third kappa shape index (κ3) is 2.37. The molecular weight excluding hydrogens is 435 g/mol. The summed E-state index contributed by atoms with van der Waals surface area (Å²) in [6, 6.07) is 35.6. The van der Waals surface area contributed by atoms with Crippen LogP contribution in [-0.2, 0) is 11.8 Å². The van der Waals surface area contributed by atoms with Gasteiger partial charge in [-0.15, -0.1) is 0 Å². The molecule has 3 aliphatic rings. The summed E-state index contributed by atoms with van der Waals surface area (Å²) in [5, 5.41) is 2.32. The van der Waals surface area contributed by atoms with Gasteiger partial charge in [0.15, 0.2) is 0 Å². The second kappa shape index (κ2) is 6.80. The predicted molar refractivity (Wildman–Crippen MR) is 148 cm³/mol. The van der Waals surface area contributed by atoms with Gasteiger partial charge in [-0.3, -0.25) is 0 Å². The first kappa shape index (κ1) is 20.2. The fraction of sp³-hybridized carbons (Fsp3) is 0.118. The lowest BCUT2D eigenvalue weighted by molar-refractivity contribution is 0.227. The van der Waals surface area contributed by atoms with Crippen LogP contribution in [0.5, 0.6) is 5.75 Å². The SMILES string of the molecule is [B][C@]1(C)C=Cc2c3c(c4ccccc4c2O1)-c1ccccc1C31c2ccccc2Cc2ccccc21. The molecule has 1 spiro atoms. The quantitative estimate of drug-likeness (QED) is 0.215. The minimum Gasteiger partial charge on any atom is -0.492 e. The molecular formula is C34H23BO. The molecule has 36 heavy (non-hydrogen) atoms. The van der Waals surface area contributed by atoms with Crippen LogP contribution in [-0.4, -0.2) is 13.3 Å². The van der Waals surface area contributed by atoms with Crippen molar-refractivity contribution in [3.63, 3.8) is 0 Å². The molecule has 168 valence electrons. The summed E-state index contributed by atoms with van der Waals surface area (Å²) < 4.78 is 6.56. The van der Waals surface area contributed by atoms with Crippen LogP contribution < -0.4 is 4.74 Å². The summed E-state index contributed by atoms with van der Waals surface area (Å²) in [5.41, 5.74) is 10.6. The number of fused-ring (bicyclic) bond motifs is 14. The number of ether oxygens (including phenoxy) is 1. The molecule has 5 aromatic rings. The zero-order valence-corrected chi connectivity index (χ0v) is 20.1. The van der Waals surface area contributed by atoms with Gasteiger partial charge in [0.05, 0.1) is 10.9 Å². The van der Waals surface area contributed by atoms with Crippen molar-refractivity contribution in [1.82, 2.24) is 0 Å². The van der Waals surface area contributed by atoms with Crippen LogP contribution in [0.2, 0.25) is 0 Å². The summed E-state index contributed by atoms with van der Waals surface area (Å²) in [6.07, 6.45) is 5.15. The Hall–Kier alpha value is -4.04. The molecule has 0 saturated heterocycles. The van der Waals surface area contributed by atoms with Crippen molar-refractivity contribution in [3.8, 4) is 16.9 Å². The van der Waals surface area contributed by atoms with Crippen molar-refractivity contribution in [1.29, 1.82) is 0 Å². The van der Waals surface area contributed by atoms with E-state index in [0.717, 1.165) is 23.1 Å². The molecule has 8 rings (SSSR count). The van der Waals surface area contributed by atoms with Gasteiger partial charge in [0.1, 0.15) is 13.6 Å². The molecule has 0 N–H and O–H groups in total. The fourth-order valence-corrected chi connectivity index (χ4v) is 7.02. The van der Waals surface area contributed by atoms with E-state index in [-0.39, 0.29) is 0 Å². The van der Waals surface area contributed by atoms with E-state index < -0.39 is 10.9 Å². The molecule has 1 atom stereocenters. The van der Waals surface area contributed by atoms with Crippen molar-refractivity contribution >= 4 is 24.7 Å². The Morgan fingerprint density at radius 1 is 0.694 bits per heavy atom. The first-order chi connectivity index (χ1) is 17.6. The highest BCUT2D eigenvalue weighted by Gasteiger charge is 2.52. The van der Waals surface area contributed by atoms with Crippen molar-refractivity contribution < 1.29 is 4.74 Å². The van der Waals surface area contributed by atoms with Gasteiger partial charge in [0, 0.05) is 10.9 Å². The van der Waals surface area contributed by atoms with Crippen molar-refractivity contribution in [2.24, 2.45) is 0 Å². The smallest absolute Gasteiger partial charge is 0.137 e. The van der Waals surface area contributed by atoms with E-state index in [9.17, 15) is 0 Å². The Kier molecular flexibility index (Phi) is 3.81. The zero-order valence-electron chi connectivity index (χ0n) is 20.1. The minimum atomic E-state index is -0.856. The van der Waals surface area contributed by atoms with Crippen molar-refractivity contribution in [2.45, 2.75) is 24.3 Å². The number of hydrogen-bond acceptors (Lipinski definition) is 1. The maximum absolute atomic E-state index is 6.56. The van der Waals surface area contributed by atoms with Gasteiger partial charge in [-0.1, -0.05) is 109 Å². The van der Waals surface area contributed by atoms with Gasteiger partial charge >= 0.3 is 0 Å². The largest absolute Gasteiger partial charge is 0.492 e. The molecule has 0 aromatic heterocycles. The minimum absolute atomic E-state index is 0.429. The molecule has 2 aliphatic carbocycles. The lowest BCUT2D eigenvalue weighted by Gasteiger charge is -2.42. The van der Waals surface area contributed by atoms with E-state index in [2.05, 4.69) is 103 Å². The second-order valence-corrected chi connectivity index (χ2v) is 10.4. The maximum atomic E-state index is 6.56. The Morgan fingerprint density at radius 2 is 1.28 bits per heavy atom. The van der Waals surface area contributed by atoms with E-state index in [1.54, 1.807) is 0 Å². The summed E-state index contributed by atoms with van der Waals surface area (Å²) in [5.74, 6) is 0.879. The highest BCUT2D eigenvalue weighted by molar-refractivity contribution is 6.17. The highest BCUT2D eigenvalue weighted by Crippen LogP contribution is 2.63. The number of hydrogen-bond donors (Lipinski definition) is 0. The van der Waals surface area contributed by atoms with E-state index in [0.29, 0.717) is 0 Å². The Bertz CT molecular complexity index is 1730. The van der Waals surface area contributed by atoms with Crippen LogP contribution in [0, 0.1) is 0 Å². The number of benzene rings is 5. The molecule has 2 heteroatoms. The van der Waals surface area contributed by atoms with Gasteiger partial charge in [-0.05, 0) is 63.2 Å². The lowest BCUT2D eigenvalue weighted by Crippen LogP contribution is -2.36. The second-order valence-electron chi connectivity index (χ2n) is 10.4. The van der Waals surface area contributed by atoms with Gasteiger partial charge in [-0.25, -0.2) is 0 Å². The van der Waals surface area contributed by atoms with Crippen molar-refractivity contribution in [2.75, 3.05) is 0 Å². The standard InChI is InChI=1S/C34H23BO/c1-33(35)19-18-26-31-30(23-12-4-5-13-24(23)32(26)36-33)25-14-6-9-17-29(25)34(31)27-15-7-2-10-21(27)20-22-11-3-8-16-28(22)34/h2-19H,20H2,1H3/t33-/m0/s1. The summed E-state index contributed by atoms with van der Waals surface area (Å²) in [6.45, 7) is 1.92. The van der Waals surface area contributed by atoms with Crippen LogP contribution in [0.4, 0.5) is 0 Å². The first-order valence-corrected chi connectivity index (χ1v) is 12.6. The monoisotopic (exact) mass is 458 g/mol. The van der Waals surface area contributed by atoms with Gasteiger partial charge in [-0.2, -0.15) is 0 Å². The maximum Gasteiger partial charge on any atom is 0.137 e. The molecule has 0 unspecified atom stereocenters. The first-order valence-electron chi connectivity index (χ1n) is 12.6. The third-order valence-electron chi connectivity index (χ3n) is 8.31. The molecule has 0 amide bonds. The molecule has 1 aliphatic heterocycles. The van der Waals surface area contributed by atoms with E-state index in [1.165, 1.54) is 49.9 Å². The molecule has 1 heterocycles. The van der Waals surface area contributed by atoms with Crippen LogP contribution in [0.1, 0.15) is 45.9 Å². The normalized spacial score (nSPS) is 19.7. The fourth-order valence-electron chi connectivity index (χ4n) is 7.02. The Morgan fingerprint density at radius 3 is 2.00 bits per heavy atom. The highest BCUT2D eigenvalue weighted by atomic mass is 16.5. The third-order valence-corrected chi connectivity index (χ3v) is 8.31. The van der Waals surface area contributed by atoms with Gasteiger partial charge < -0.3 is 4.74 Å². The van der Waals surface area contributed by atoms with Crippen molar-refractivity contribution in [3.05, 3.63) is 142 Å². The molecule has 5 aromatic carbocycles. The van der Waals surface area contributed by atoms with E-state index in [1.807, 2.05) is 13.0 Å². The Balaban J connectivity index is 1.66. The Labute approximate surface area is 212 Å². The molecule has 0 fully saturated rings. The van der Waals surface area contributed by atoms with Crippen LogP contribution in [0.25, 0.3) is 28.0 Å². The average Bonchev–Trinajstić information content (AvgIpc) is 3.20. The number of rotatable bonds is 0. The molecule has 2 radical (unpaired) electrons. The van der Waals surface area contributed by atoms with Crippen LogP contribution >= 0.6 is 0 Å². The zero-order chi connectivity index (χ0) is 24.1. The predicted octanol–water partition coefficient (Wildman–Crippen LogP) is 7.40. The molecule has 1 nitrogen and oxygen atoms in total. The van der Waals surface area contributed by atoms with E-state index >= 15 is 0 Å².